The van der Waals surface area contributed by atoms with Gasteiger partial charge < -0.3 is 10.0 Å². The van der Waals surface area contributed by atoms with Crippen LogP contribution in [0, 0.1) is 11.3 Å². The lowest BCUT2D eigenvalue weighted by Gasteiger charge is -2.32. The summed E-state index contributed by atoms with van der Waals surface area (Å²) >= 11 is 0. The van der Waals surface area contributed by atoms with Crippen molar-refractivity contribution >= 4 is 0 Å². The minimum Gasteiger partial charge on any atom is -0.387 e. The van der Waals surface area contributed by atoms with E-state index in [0.29, 0.717) is 18.0 Å². The van der Waals surface area contributed by atoms with Gasteiger partial charge >= 0.3 is 0 Å². The summed E-state index contributed by atoms with van der Waals surface area (Å²) in [5, 5.41) is 19.1. The van der Waals surface area contributed by atoms with Crippen molar-refractivity contribution < 1.29 is 5.11 Å². The van der Waals surface area contributed by atoms with Crippen LogP contribution < -0.4 is 0 Å². The van der Waals surface area contributed by atoms with Crippen LogP contribution in [0.5, 0.6) is 0 Å². The lowest BCUT2D eigenvalue weighted by atomic mass is 9.92. The number of aliphatic hydroxyl groups excluding tert-OH is 1. The van der Waals surface area contributed by atoms with Crippen LogP contribution in [-0.2, 0) is 0 Å². The monoisotopic (exact) mass is 308 g/mol. The lowest BCUT2D eigenvalue weighted by molar-refractivity contribution is 0.0967. The number of aliphatic hydroxyl groups is 1. The molecule has 1 atom stereocenters. The molecular formula is C18H20N4O. The van der Waals surface area contributed by atoms with Gasteiger partial charge in [-0.3, -0.25) is 9.97 Å². The van der Waals surface area contributed by atoms with Gasteiger partial charge in [-0.1, -0.05) is 6.07 Å². The quantitative estimate of drug-likeness (QED) is 0.938. The standard InChI is InChI=1S/C18H20N4O/c19-10-14-3-4-17(21-11-14)15-5-8-22(9-6-15)13-18(23)16-2-1-7-20-12-16/h1-4,7,11-12,15,18,23H,5-6,8-9,13H2. The van der Waals surface area contributed by atoms with Crippen LogP contribution in [0.15, 0.2) is 42.9 Å². The van der Waals surface area contributed by atoms with E-state index in [9.17, 15) is 5.11 Å². The number of piperidine rings is 1. The van der Waals surface area contributed by atoms with Gasteiger partial charge in [-0.2, -0.15) is 5.26 Å². The van der Waals surface area contributed by atoms with Gasteiger partial charge in [0.05, 0.1) is 11.7 Å². The highest BCUT2D eigenvalue weighted by atomic mass is 16.3. The molecule has 3 rings (SSSR count). The molecule has 3 heterocycles. The summed E-state index contributed by atoms with van der Waals surface area (Å²) in [7, 11) is 0. The molecule has 0 amide bonds. The summed E-state index contributed by atoms with van der Waals surface area (Å²) in [6, 6.07) is 9.65. The molecule has 1 fully saturated rings. The van der Waals surface area contributed by atoms with Crippen LogP contribution >= 0.6 is 0 Å². The van der Waals surface area contributed by atoms with E-state index in [1.807, 2.05) is 24.3 Å². The van der Waals surface area contributed by atoms with Gasteiger partial charge in [0.25, 0.3) is 0 Å². The van der Waals surface area contributed by atoms with Crippen LogP contribution in [0.4, 0.5) is 0 Å². The van der Waals surface area contributed by atoms with Gasteiger partial charge in [0.1, 0.15) is 6.07 Å². The van der Waals surface area contributed by atoms with E-state index < -0.39 is 6.10 Å². The molecule has 2 aromatic heterocycles. The Morgan fingerprint density at radius 3 is 2.70 bits per heavy atom. The predicted molar refractivity (Wildman–Crippen MR) is 86.6 cm³/mol. The smallest absolute Gasteiger partial charge is 0.101 e. The maximum Gasteiger partial charge on any atom is 0.101 e. The Morgan fingerprint density at radius 2 is 2.09 bits per heavy atom. The second-order valence-electron chi connectivity index (χ2n) is 5.96. The summed E-state index contributed by atoms with van der Waals surface area (Å²) in [4.78, 5) is 10.8. The van der Waals surface area contributed by atoms with Crippen LogP contribution in [0.25, 0.3) is 0 Å². The van der Waals surface area contributed by atoms with Gasteiger partial charge in [-0.05, 0) is 44.1 Å². The number of hydrogen-bond acceptors (Lipinski definition) is 5. The number of hydrogen-bond donors (Lipinski definition) is 1. The van der Waals surface area contributed by atoms with Crippen molar-refractivity contribution in [2.45, 2.75) is 24.9 Å². The fourth-order valence-electron chi connectivity index (χ4n) is 3.05. The molecule has 0 aromatic carbocycles. The highest BCUT2D eigenvalue weighted by molar-refractivity contribution is 5.27. The first-order chi connectivity index (χ1) is 11.3. The normalized spacial score (nSPS) is 17.6. The summed E-state index contributed by atoms with van der Waals surface area (Å²) < 4.78 is 0. The Morgan fingerprint density at radius 1 is 1.26 bits per heavy atom. The first kappa shape index (κ1) is 15.6. The van der Waals surface area contributed by atoms with Crippen LogP contribution in [-0.4, -0.2) is 39.6 Å². The molecule has 0 aliphatic carbocycles. The van der Waals surface area contributed by atoms with Gasteiger partial charge in [0, 0.05) is 42.3 Å². The van der Waals surface area contributed by atoms with Crippen molar-refractivity contribution in [2.24, 2.45) is 0 Å². The second-order valence-corrected chi connectivity index (χ2v) is 5.96. The Bertz CT molecular complexity index is 658. The molecule has 0 bridgehead atoms. The summed E-state index contributed by atoms with van der Waals surface area (Å²) in [6.45, 7) is 2.53. The van der Waals surface area contributed by atoms with Crippen molar-refractivity contribution in [3.63, 3.8) is 0 Å². The van der Waals surface area contributed by atoms with E-state index in [1.54, 1.807) is 18.6 Å². The maximum absolute atomic E-state index is 10.3. The van der Waals surface area contributed by atoms with E-state index in [-0.39, 0.29) is 0 Å². The molecule has 118 valence electrons. The molecule has 2 aromatic rings. The molecule has 1 unspecified atom stereocenters. The number of nitriles is 1. The molecule has 1 aliphatic heterocycles. The first-order valence-electron chi connectivity index (χ1n) is 7.92. The highest BCUT2D eigenvalue weighted by Crippen LogP contribution is 2.27. The van der Waals surface area contributed by atoms with E-state index in [1.165, 1.54) is 0 Å². The molecule has 0 saturated carbocycles. The topological polar surface area (TPSA) is 73.0 Å². The Balaban J connectivity index is 1.53. The average molecular weight is 308 g/mol. The van der Waals surface area contributed by atoms with Gasteiger partial charge in [0.2, 0.25) is 0 Å². The van der Waals surface area contributed by atoms with Crippen LogP contribution in [0.2, 0.25) is 0 Å². The van der Waals surface area contributed by atoms with Crippen LogP contribution in [0.1, 0.15) is 41.7 Å². The molecule has 0 radical (unpaired) electrons. The third-order valence-electron chi connectivity index (χ3n) is 4.42. The Labute approximate surface area is 136 Å². The SMILES string of the molecule is N#Cc1ccc(C2CCN(CC(O)c3cccnc3)CC2)nc1. The Hall–Kier alpha value is -2.29. The van der Waals surface area contributed by atoms with Crippen LogP contribution in [0.3, 0.4) is 0 Å². The number of pyridine rings is 2. The molecular weight excluding hydrogens is 288 g/mol. The molecule has 5 heteroatoms. The third kappa shape index (κ3) is 3.92. The largest absolute Gasteiger partial charge is 0.387 e. The number of β-amino-alcohol motifs (C(OH)–C–C–N with tert-alkyl or cyclic N) is 1. The molecule has 23 heavy (non-hydrogen) atoms. The van der Waals surface area contributed by atoms with E-state index >= 15 is 0 Å². The summed E-state index contributed by atoms with van der Waals surface area (Å²) in [5.41, 5.74) is 2.53. The lowest BCUT2D eigenvalue weighted by Crippen LogP contribution is -2.36. The predicted octanol–water partition coefficient (Wildman–Crippen LogP) is 2.26. The van der Waals surface area contributed by atoms with Crippen molar-refractivity contribution in [3.05, 3.63) is 59.7 Å². The third-order valence-corrected chi connectivity index (χ3v) is 4.42. The van der Waals surface area contributed by atoms with E-state index in [2.05, 4.69) is 20.9 Å². The zero-order valence-electron chi connectivity index (χ0n) is 13.0. The van der Waals surface area contributed by atoms with Crippen molar-refractivity contribution in [1.82, 2.24) is 14.9 Å². The molecule has 1 N–H and O–H groups in total. The van der Waals surface area contributed by atoms with Crippen molar-refractivity contribution in [1.29, 1.82) is 5.26 Å². The zero-order valence-corrected chi connectivity index (χ0v) is 13.0. The maximum atomic E-state index is 10.3. The molecule has 5 nitrogen and oxygen atoms in total. The summed E-state index contributed by atoms with van der Waals surface area (Å²) in [5.74, 6) is 0.439. The van der Waals surface area contributed by atoms with Crippen molar-refractivity contribution in [3.8, 4) is 6.07 Å². The van der Waals surface area contributed by atoms with Gasteiger partial charge in [-0.15, -0.1) is 0 Å². The molecule has 1 saturated heterocycles. The fraction of sp³-hybridized carbons (Fsp3) is 0.389. The number of rotatable bonds is 4. The van der Waals surface area contributed by atoms with E-state index in [4.69, 9.17) is 5.26 Å². The van der Waals surface area contributed by atoms with Crippen molar-refractivity contribution in [2.75, 3.05) is 19.6 Å². The zero-order chi connectivity index (χ0) is 16.1. The molecule has 0 spiro atoms. The molecule has 1 aliphatic rings. The van der Waals surface area contributed by atoms with Gasteiger partial charge in [-0.25, -0.2) is 0 Å². The number of likely N-dealkylation sites (tertiary alicyclic amines) is 1. The fourth-order valence-corrected chi connectivity index (χ4v) is 3.05. The Kier molecular flexibility index (Phi) is 4.96. The number of nitrogens with zero attached hydrogens (tertiary/aromatic N) is 4. The summed E-state index contributed by atoms with van der Waals surface area (Å²) in [6.07, 6.45) is 6.64. The average Bonchev–Trinajstić information content (AvgIpc) is 2.63. The second kappa shape index (κ2) is 7.32. The minimum atomic E-state index is -0.492. The first-order valence-corrected chi connectivity index (χ1v) is 7.92. The highest BCUT2D eigenvalue weighted by Gasteiger charge is 2.23. The van der Waals surface area contributed by atoms with E-state index in [0.717, 1.165) is 37.2 Å². The number of aromatic nitrogens is 2. The minimum absolute atomic E-state index is 0.439. The van der Waals surface area contributed by atoms with Gasteiger partial charge in [0.15, 0.2) is 0 Å².